The molecule has 0 aliphatic carbocycles. The average molecular weight is 431 g/mol. The van der Waals surface area contributed by atoms with Gasteiger partial charge in [-0.1, -0.05) is 24.3 Å². The molecule has 1 atom stereocenters. The van der Waals surface area contributed by atoms with Crippen LogP contribution in [0.3, 0.4) is 0 Å². The van der Waals surface area contributed by atoms with Crippen LogP contribution in [-0.4, -0.2) is 61.7 Å². The summed E-state index contributed by atoms with van der Waals surface area (Å²) >= 11 is 0. The third kappa shape index (κ3) is 3.64. The summed E-state index contributed by atoms with van der Waals surface area (Å²) in [5.41, 5.74) is 1.42. The molecule has 7 nitrogen and oxygen atoms in total. The van der Waals surface area contributed by atoms with Gasteiger partial charge in [-0.15, -0.1) is 0 Å². The van der Waals surface area contributed by atoms with E-state index in [2.05, 4.69) is 0 Å². The van der Waals surface area contributed by atoms with Gasteiger partial charge in [-0.25, -0.2) is 17.7 Å². The van der Waals surface area contributed by atoms with Crippen molar-refractivity contribution in [3.8, 4) is 0 Å². The molecule has 2 aromatic rings. The number of carbonyl (C=O) groups is 2. The predicted molar refractivity (Wildman–Crippen MR) is 109 cm³/mol. The fourth-order valence-corrected chi connectivity index (χ4v) is 5.45. The van der Waals surface area contributed by atoms with Gasteiger partial charge in [0, 0.05) is 26.2 Å². The van der Waals surface area contributed by atoms with Gasteiger partial charge in [0.25, 0.3) is 5.91 Å². The van der Waals surface area contributed by atoms with Crippen LogP contribution in [0.15, 0.2) is 53.4 Å². The number of rotatable bonds is 4. The second kappa shape index (κ2) is 7.90. The van der Waals surface area contributed by atoms with E-state index in [9.17, 15) is 22.4 Å². The van der Waals surface area contributed by atoms with Gasteiger partial charge >= 0.3 is 0 Å². The van der Waals surface area contributed by atoms with Crippen LogP contribution < -0.4 is 4.90 Å². The van der Waals surface area contributed by atoms with Crippen molar-refractivity contribution in [1.82, 2.24) is 9.21 Å². The molecule has 0 N–H and O–H groups in total. The monoisotopic (exact) mass is 431 g/mol. The number of amides is 2. The summed E-state index contributed by atoms with van der Waals surface area (Å²) < 4.78 is 40.3. The first-order valence-corrected chi connectivity index (χ1v) is 11.2. The maximum Gasteiger partial charge on any atom is 0.251 e. The first-order valence-electron chi connectivity index (χ1n) is 9.71. The molecule has 0 spiro atoms. The molecule has 0 aromatic heterocycles. The Labute approximate surface area is 174 Å². The highest BCUT2D eigenvalue weighted by atomic mass is 32.2. The highest BCUT2D eigenvalue weighted by Gasteiger charge is 2.44. The van der Waals surface area contributed by atoms with Gasteiger partial charge in [-0.3, -0.25) is 14.5 Å². The molecule has 0 radical (unpaired) electrons. The van der Waals surface area contributed by atoms with Crippen molar-refractivity contribution in [2.45, 2.75) is 24.3 Å². The number of para-hydroxylation sites is 1. The Bertz CT molecular complexity index is 1100. The van der Waals surface area contributed by atoms with Gasteiger partial charge in [-0.05, 0) is 36.8 Å². The first-order chi connectivity index (χ1) is 14.3. The number of nitrogens with zero attached hydrogens (tertiary/aromatic N) is 3. The number of benzene rings is 2. The number of carbonyl (C=O) groups excluding carboxylic acids is 2. The summed E-state index contributed by atoms with van der Waals surface area (Å²) in [6.07, 6.45) is 0.0732. The van der Waals surface area contributed by atoms with Crippen molar-refractivity contribution in [1.29, 1.82) is 0 Å². The van der Waals surface area contributed by atoms with E-state index in [4.69, 9.17) is 0 Å². The van der Waals surface area contributed by atoms with E-state index in [1.165, 1.54) is 27.4 Å². The summed E-state index contributed by atoms with van der Waals surface area (Å²) in [6, 6.07) is 11.5. The van der Waals surface area contributed by atoms with E-state index < -0.39 is 21.9 Å². The molecule has 0 bridgehead atoms. The number of piperazine rings is 1. The van der Waals surface area contributed by atoms with E-state index in [0.29, 0.717) is 18.8 Å². The zero-order chi connectivity index (χ0) is 21.5. The van der Waals surface area contributed by atoms with Crippen LogP contribution >= 0.6 is 0 Å². The molecule has 0 saturated carbocycles. The maximum absolute atomic E-state index is 13.5. The molecular formula is C21H22FN3O4S. The molecule has 2 heterocycles. The Morgan fingerprint density at radius 2 is 1.67 bits per heavy atom. The van der Waals surface area contributed by atoms with Crippen molar-refractivity contribution in [3.05, 3.63) is 59.9 Å². The first kappa shape index (κ1) is 20.6. The van der Waals surface area contributed by atoms with Crippen LogP contribution in [0.5, 0.6) is 0 Å². The Balaban J connectivity index is 1.46. The van der Waals surface area contributed by atoms with Crippen molar-refractivity contribution >= 4 is 27.5 Å². The summed E-state index contributed by atoms with van der Waals surface area (Å²) in [6.45, 7) is 2.82. The Kier molecular flexibility index (Phi) is 5.44. The maximum atomic E-state index is 13.5. The van der Waals surface area contributed by atoms with E-state index in [1.807, 2.05) is 24.0 Å². The lowest BCUT2D eigenvalue weighted by atomic mass is 10.1. The van der Waals surface area contributed by atoms with Crippen LogP contribution in [0.2, 0.25) is 0 Å². The molecule has 2 amide bonds. The van der Waals surface area contributed by atoms with Crippen molar-refractivity contribution < 1.29 is 22.4 Å². The minimum absolute atomic E-state index is 0.0732. The van der Waals surface area contributed by atoms with Crippen molar-refractivity contribution in [2.75, 3.05) is 31.1 Å². The number of hydrogen-bond acceptors (Lipinski definition) is 5. The van der Waals surface area contributed by atoms with Gasteiger partial charge in [0.05, 0.1) is 23.0 Å². The lowest BCUT2D eigenvalue weighted by Gasteiger charge is -2.36. The fraction of sp³-hybridized carbons (Fsp3) is 0.333. The average Bonchev–Trinajstić information content (AvgIpc) is 3.02. The summed E-state index contributed by atoms with van der Waals surface area (Å²) in [4.78, 5) is 28.6. The Hall–Kier alpha value is -2.62. The predicted octanol–water partition coefficient (Wildman–Crippen LogP) is 1.77. The highest BCUT2D eigenvalue weighted by Crippen LogP contribution is 2.29. The lowest BCUT2D eigenvalue weighted by Crippen LogP contribution is -2.53. The molecule has 4 rings (SSSR count). The van der Waals surface area contributed by atoms with Crippen LogP contribution in [-0.2, 0) is 19.6 Å². The summed E-state index contributed by atoms with van der Waals surface area (Å²) in [7, 11) is -3.81. The molecule has 2 aliphatic heterocycles. The topological polar surface area (TPSA) is 78.0 Å². The standard InChI is InChI=1S/C21H22FN3O4S/c1-15-5-2-3-8-18(15)25-20(26)14-19(21(25)27)23-9-11-24(12-10-23)30(28,29)17-7-4-6-16(22)13-17/h2-8,13,19H,9-12,14H2,1H3/t19-/m0/s1. The van der Waals surface area contributed by atoms with Gasteiger partial charge < -0.3 is 0 Å². The smallest absolute Gasteiger partial charge is 0.251 e. The van der Waals surface area contributed by atoms with Gasteiger partial charge in [0.1, 0.15) is 5.82 Å². The number of imide groups is 1. The molecule has 30 heavy (non-hydrogen) atoms. The zero-order valence-electron chi connectivity index (χ0n) is 16.5. The van der Waals surface area contributed by atoms with Crippen molar-refractivity contribution in [2.24, 2.45) is 0 Å². The summed E-state index contributed by atoms with van der Waals surface area (Å²) in [5, 5.41) is 0. The van der Waals surface area contributed by atoms with Crippen LogP contribution in [0.4, 0.5) is 10.1 Å². The van der Waals surface area contributed by atoms with Crippen LogP contribution in [0.1, 0.15) is 12.0 Å². The van der Waals surface area contributed by atoms with E-state index in [0.717, 1.165) is 11.6 Å². The highest BCUT2D eigenvalue weighted by molar-refractivity contribution is 7.89. The summed E-state index contributed by atoms with van der Waals surface area (Å²) in [5.74, 6) is -1.15. The second-order valence-corrected chi connectivity index (χ2v) is 9.41. The number of hydrogen-bond donors (Lipinski definition) is 0. The van der Waals surface area contributed by atoms with Gasteiger partial charge in [0.2, 0.25) is 15.9 Å². The minimum Gasteiger partial charge on any atom is -0.289 e. The molecule has 2 aliphatic rings. The molecule has 0 unspecified atom stereocenters. The largest absolute Gasteiger partial charge is 0.289 e. The molecular weight excluding hydrogens is 409 g/mol. The fourth-order valence-electron chi connectivity index (χ4n) is 4.00. The number of aryl methyl sites for hydroxylation is 1. The number of halogens is 1. The molecule has 158 valence electrons. The Morgan fingerprint density at radius 3 is 2.33 bits per heavy atom. The van der Waals surface area contributed by atoms with Crippen LogP contribution in [0, 0.1) is 12.7 Å². The van der Waals surface area contributed by atoms with Gasteiger partial charge in [-0.2, -0.15) is 4.31 Å². The zero-order valence-corrected chi connectivity index (χ0v) is 17.3. The van der Waals surface area contributed by atoms with Crippen LogP contribution in [0.25, 0.3) is 0 Å². The normalized spacial score (nSPS) is 21.4. The van der Waals surface area contributed by atoms with E-state index in [1.54, 1.807) is 12.1 Å². The van der Waals surface area contributed by atoms with E-state index >= 15 is 0 Å². The number of sulfonamides is 1. The Morgan fingerprint density at radius 1 is 0.967 bits per heavy atom. The van der Waals surface area contributed by atoms with Crippen molar-refractivity contribution in [3.63, 3.8) is 0 Å². The molecule has 2 fully saturated rings. The van der Waals surface area contributed by atoms with E-state index in [-0.39, 0.29) is 36.2 Å². The molecule has 2 saturated heterocycles. The second-order valence-electron chi connectivity index (χ2n) is 7.47. The third-order valence-electron chi connectivity index (χ3n) is 5.63. The lowest BCUT2D eigenvalue weighted by molar-refractivity contribution is -0.123. The third-order valence-corrected chi connectivity index (χ3v) is 7.52. The van der Waals surface area contributed by atoms with Gasteiger partial charge in [0.15, 0.2) is 0 Å². The quantitative estimate of drug-likeness (QED) is 0.690. The molecule has 9 heteroatoms. The minimum atomic E-state index is -3.81. The SMILES string of the molecule is Cc1ccccc1N1C(=O)C[C@H](N2CCN(S(=O)(=O)c3cccc(F)c3)CC2)C1=O. The number of anilines is 1. The molecule has 2 aromatic carbocycles.